The summed E-state index contributed by atoms with van der Waals surface area (Å²) in [5.41, 5.74) is -0.504. The van der Waals surface area contributed by atoms with Gasteiger partial charge in [0.05, 0.1) is 10.6 Å². The van der Waals surface area contributed by atoms with Gasteiger partial charge in [-0.2, -0.15) is 27.0 Å². The summed E-state index contributed by atoms with van der Waals surface area (Å²) in [6, 6.07) is 3.03. The minimum Gasteiger partial charge on any atom is -0.443 e. The van der Waals surface area contributed by atoms with E-state index in [2.05, 4.69) is 0 Å². The number of ether oxygens (including phenoxy) is 1. The third-order valence-electron chi connectivity index (χ3n) is 2.33. The topological polar surface area (TPSA) is 63.7 Å². The Morgan fingerprint density at radius 3 is 2.24 bits per heavy atom. The Labute approximate surface area is 131 Å². The van der Waals surface area contributed by atoms with Gasteiger partial charge in [0.15, 0.2) is 0 Å². The largest absolute Gasteiger partial charge is 0.443 e. The molecule has 0 spiro atoms. The number of carbonyl (C=O) groups excluding carboxylic acids is 1. The van der Waals surface area contributed by atoms with E-state index in [1.165, 1.54) is 34.1 Å². The number of rotatable bonds is 3. The van der Waals surface area contributed by atoms with Crippen molar-refractivity contribution in [2.24, 2.45) is 0 Å². The molecule has 2 aromatic rings. The molecule has 0 aromatic carbocycles. The van der Waals surface area contributed by atoms with Crippen LogP contribution in [0.5, 0.6) is 0 Å². The van der Waals surface area contributed by atoms with Crippen LogP contribution in [0.4, 0.5) is 10.5 Å². The van der Waals surface area contributed by atoms with E-state index in [0.717, 1.165) is 0 Å². The molecule has 0 atom stereocenters. The van der Waals surface area contributed by atoms with Crippen LogP contribution in [0.2, 0.25) is 0 Å². The molecule has 1 amide bonds. The average molecular weight is 345 g/mol. The van der Waals surface area contributed by atoms with Crippen LogP contribution in [0.3, 0.4) is 0 Å². The number of thiophene rings is 2. The number of amides is 1. The van der Waals surface area contributed by atoms with E-state index < -0.39 is 21.7 Å². The highest BCUT2D eigenvalue weighted by Gasteiger charge is 2.35. The lowest BCUT2D eigenvalue weighted by atomic mass is 10.2. The molecular formula is C13H15NO4S3. The Bertz CT molecular complexity index is 697. The van der Waals surface area contributed by atoms with Crippen LogP contribution >= 0.6 is 22.7 Å². The van der Waals surface area contributed by atoms with Crippen LogP contribution in [0.1, 0.15) is 20.8 Å². The lowest BCUT2D eigenvalue weighted by Crippen LogP contribution is -2.40. The van der Waals surface area contributed by atoms with Gasteiger partial charge in [0, 0.05) is 10.8 Å². The summed E-state index contributed by atoms with van der Waals surface area (Å²) in [6.45, 7) is 5.07. The molecule has 5 nitrogen and oxygen atoms in total. The molecule has 0 aliphatic rings. The first kappa shape index (κ1) is 16.0. The van der Waals surface area contributed by atoms with Crippen molar-refractivity contribution in [1.82, 2.24) is 0 Å². The first-order valence-corrected chi connectivity index (χ1v) is 9.37. The average Bonchev–Trinajstić information content (AvgIpc) is 2.98. The number of anilines is 1. The Hall–Kier alpha value is -1.38. The van der Waals surface area contributed by atoms with E-state index in [1.54, 1.807) is 43.0 Å². The zero-order valence-electron chi connectivity index (χ0n) is 11.8. The molecule has 0 unspecified atom stereocenters. The number of hydrogen-bond acceptors (Lipinski definition) is 6. The summed E-state index contributed by atoms with van der Waals surface area (Å²) in [4.78, 5) is 12.4. The summed E-state index contributed by atoms with van der Waals surface area (Å²) in [6.07, 6.45) is -0.910. The third kappa shape index (κ3) is 3.63. The zero-order chi connectivity index (χ0) is 15.7. The molecule has 0 fully saturated rings. The maximum absolute atomic E-state index is 12.7. The van der Waals surface area contributed by atoms with Gasteiger partial charge < -0.3 is 4.74 Å². The molecule has 0 saturated heterocycles. The summed E-state index contributed by atoms with van der Waals surface area (Å²) >= 11 is 2.56. The molecule has 21 heavy (non-hydrogen) atoms. The predicted octanol–water partition coefficient (Wildman–Crippen LogP) is 3.94. The van der Waals surface area contributed by atoms with Crippen LogP contribution < -0.4 is 4.31 Å². The molecule has 2 rings (SSSR count). The van der Waals surface area contributed by atoms with E-state index in [0.29, 0.717) is 4.31 Å². The van der Waals surface area contributed by atoms with Crippen LogP contribution in [0.15, 0.2) is 38.5 Å². The van der Waals surface area contributed by atoms with E-state index >= 15 is 0 Å². The Kier molecular flexibility index (Phi) is 4.40. The predicted molar refractivity (Wildman–Crippen MR) is 84.5 cm³/mol. The highest BCUT2D eigenvalue weighted by molar-refractivity contribution is 7.93. The first-order valence-electron chi connectivity index (χ1n) is 6.04. The van der Waals surface area contributed by atoms with E-state index in [4.69, 9.17) is 4.74 Å². The maximum Gasteiger partial charge on any atom is 0.429 e. The van der Waals surface area contributed by atoms with Gasteiger partial charge in [-0.1, -0.05) is 0 Å². The van der Waals surface area contributed by atoms with Crippen molar-refractivity contribution in [2.45, 2.75) is 31.3 Å². The number of nitrogens with zero attached hydrogens (tertiary/aromatic N) is 1. The summed E-state index contributed by atoms with van der Waals surface area (Å²) in [5.74, 6) is 0. The smallest absolute Gasteiger partial charge is 0.429 e. The Morgan fingerprint density at radius 1 is 1.14 bits per heavy atom. The molecule has 114 valence electrons. The third-order valence-corrected chi connectivity index (χ3v) is 5.53. The summed E-state index contributed by atoms with van der Waals surface area (Å²) in [7, 11) is -3.98. The molecular weight excluding hydrogens is 330 g/mol. The summed E-state index contributed by atoms with van der Waals surface area (Å²) in [5, 5.41) is 6.43. The molecule has 2 heterocycles. The second-order valence-corrected chi connectivity index (χ2v) is 8.54. The van der Waals surface area contributed by atoms with Gasteiger partial charge in [-0.3, -0.25) is 0 Å². The highest BCUT2D eigenvalue weighted by Crippen LogP contribution is 2.28. The molecule has 8 heteroatoms. The van der Waals surface area contributed by atoms with E-state index in [9.17, 15) is 13.2 Å². The lowest BCUT2D eigenvalue weighted by Gasteiger charge is -2.26. The minimum absolute atomic E-state index is 0.0737. The van der Waals surface area contributed by atoms with Crippen LogP contribution in [-0.2, 0) is 14.8 Å². The molecule has 0 bridgehead atoms. The van der Waals surface area contributed by atoms with Crippen molar-refractivity contribution >= 4 is 44.5 Å². The lowest BCUT2D eigenvalue weighted by molar-refractivity contribution is 0.0609. The van der Waals surface area contributed by atoms with Crippen LogP contribution in [0.25, 0.3) is 0 Å². The highest BCUT2D eigenvalue weighted by atomic mass is 32.2. The van der Waals surface area contributed by atoms with Gasteiger partial charge >= 0.3 is 6.09 Å². The quantitative estimate of drug-likeness (QED) is 0.845. The van der Waals surface area contributed by atoms with E-state index in [1.807, 2.05) is 0 Å². The standard InChI is InChI=1S/C13H15NO4S3/c1-13(2,3)18-12(15)14(10-4-6-19-8-10)21(16,17)11-5-7-20-9-11/h4-9H,1-3H3. The number of sulfonamides is 1. The van der Waals surface area contributed by atoms with Crippen molar-refractivity contribution in [2.75, 3.05) is 4.31 Å². The monoisotopic (exact) mass is 345 g/mol. The van der Waals surface area contributed by atoms with Gasteiger partial charge in [0.2, 0.25) is 0 Å². The van der Waals surface area contributed by atoms with Crippen molar-refractivity contribution < 1.29 is 17.9 Å². The van der Waals surface area contributed by atoms with Crippen molar-refractivity contribution in [3.8, 4) is 0 Å². The zero-order valence-corrected chi connectivity index (χ0v) is 14.2. The van der Waals surface area contributed by atoms with Gasteiger partial charge in [0.25, 0.3) is 10.0 Å². The molecule has 2 aromatic heterocycles. The SMILES string of the molecule is CC(C)(C)OC(=O)N(c1ccsc1)S(=O)(=O)c1ccsc1. The van der Waals surface area contributed by atoms with Gasteiger partial charge in [-0.15, -0.1) is 0 Å². The number of hydrogen-bond donors (Lipinski definition) is 0. The molecule has 0 N–H and O–H groups in total. The number of carbonyl (C=O) groups is 1. The fourth-order valence-corrected chi connectivity index (χ4v) is 4.54. The van der Waals surface area contributed by atoms with Crippen LogP contribution in [0, 0.1) is 0 Å². The Morgan fingerprint density at radius 2 is 1.76 bits per heavy atom. The van der Waals surface area contributed by atoms with Crippen molar-refractivity contribution in [3.63, 3.8) is 0 Å². The second-order valence-electron chi connectivity index (χ2n) is 5.19. The normalized spacial score (nSPS) is 12.1. The van der Waals surface area contributed by atoms with Crippen molar-refractivity contribution in [3.05, 3.63) is 33.7 Å². The summed E-state index contributed by atoms with van der Waals surface area (Å²) < 4.78 is 31.2. The van der Waals surface area contributed by atoms with Crippen LogP contribution in [-0.4, -0.2) is 20.1 Å². The maximum atomic E-state index is 12.7. The van der Waals surface area contributed by atoms with Crippen molar-refractivity contribution in [1.29, 1.82) is 0 Å². The fraction of sp³-hybridized carbons (Fsp3) is 0.308. The fourth-order valence-electron chi connectivity index (χ4n) is 1.52. The molecule has 0 aliphatic heterocycles. The molecule has 0 saturated carbocycles. The first-order chi connectivity index (χ1) is 9.72. The second kappa shape index (κ2) is 5.78. The van der Waals surface area contributed by atoms with E-state index in [-0.39, 0.29) is 10.6 Å². The van der Waals surface area contributed by atoms with Gasteiger partial charge in [-0.25, -0.2) is 13.2 Å². The van der Waals surface area contributed by atoms with Gasteiger partial charge in [-0.05, 0) is 43.7 Å². The molecule has 0 aliphatic carbocycles. The minimum atomic E-state index is -3.98. The Balaban J connectivity index is 2.46. The van der Waals surface area contributed by atoms with Gasteiger partial charge in [0.1, 0.15) is 5.60 Å². The molecule has 0 radical (unpaired) electrons.